The van der Waals surface area contributed by atoms with E-state index in [1.807, 2.05) is 11.4 Å². The molecule has 1 amide bonds. The summed E-state index contributed by atoms with van der Waals surface area (Å²) in [5.74, 6) is -0.442. The maximum absolute atomic E-state index is 12.1. The average molecular weight is 279 g/mol. The number of methoxy groups -OCH3 is 1. The van der Waals surface area contributed by atoms with Crippen molar-refractivity contribution in [3.05, 3.63) is 22.4 Å². The van der Waals surface area contributed by atoms with Gasteiger partial charge in [0.15, 0.2) is 0 Å². The number of ether oxygens (including phenoxy) is 1. The van der Waals surface area contributed by atoms with E-state index in [1.165, 1.54) is 24.9 Å². The Morgan fingerprint density at radius 2 is 2.26 bits per heavy atom. The van der Waals surface area contributed by atoms with Gasteiger partial charge in [0.1, 0.15) is 0 Å². The van der Waals surface area contributed by atoms with Crippen LogP contribution in [0.15, 0.2) is 17.5 Å². The molecule has 0 bridgehead atoms. The van der Waals surface area contributed by atoms with Crippen LogP contribution >= 0.6 is 11.3 Å². The molecule has 1 aromatic rings. The Morgan fingerprint density at radius 3 is 2.79 bits per heavy atom. The van der Waals surface area contributed by atoms with Crippen molar-refractivity contribution in [2.75, 3.05) is 7.11 Å². The lowest BCUT2D eigenvalue weighted by molar-refractivity contribution is -0.163. The minimum absolute atomic E-state index is 0.0525. The minimum atomic E-state index is -0.200. The second-order valence-corrected chi connectivity index (χ2v) is 6.43. The van der Waals surface area contributed by atoms with E-state index in [-0.39, 0.29) is 29.3 Å². The van der Waals surface area contributed by atoms with Crippen LogP contribution in [-0.2, 0) is 9.53 Å². The Labute approximate surface area is 116 Å². The van der Waals surface area contributed by atoms with E-state index in [1.54, 1.807) is 6.07 Å². The third-order valence-corrected chi connectivity index (χ3v) is 5.44. The highest BCUT2D eigenvalue weighted by Gasteiger charge is 2.60. The number of hydrogen-bond acceptors (Lipinski definition) is 4. The van der Waals surface area contributed by atoms with Crippen LogP contribution in [-0.4, -0.2) is 25.0 Å². The van der Waals surface area contributed by atoms with Gasteiger partial charge in [-0.05, 0) is 36.1 Å². The first-order valence-electron chi connectivity index (χ1n) is 6.58. The lowest BCUT2D eigenvalue weighted by atomic mass is 9.48. The van der Waals surface area contributed by atoms with Gasteiger partial charge in [0, 0.05) is 6.04 Å². The van der Waals surface area contributed by atoms with Crippen LogP contribution in [0.1, 0.15) is 35.4 Å². The molecule has 4 nitrogen and oxygen atoms in total. The zero-order chi connectivity index (χ0) is 13.5. The monoisotopic (exact) mass is 279 g/mol. The van der Waals surface area contributed by atoms with E-state index >= 15 is 0 Å². The number of rotatable bonds is 3. The zero-order valence-electron chi connectivity index (χ0n) is 10.8. The summed E-state index contributed by atoms with van der Waals surface area (Å²) in [4.78, 5) is 24.6. The number of esters is 1. The predicted molar refractivity (Wildman–Crippen MR) is 72.0 cm³/mol. The number of carbonyl (C=O) groups excluding carboxylic acids is 2. The Hall–Kier alpha value is -1.36. The molecule has 5 heteroatoms. The molecule has 0 radical (unpaired) electrons. The van der Waals surface area contributed by atoms with E-state index < -0.39 is 0 Å². The van der Waals surface area contributed by atoms with Crippen molar-refractivity contribution < 1.29 is 14.3 Å². The molecule has 1 heterocycles. The van der Waals surface area contributed by atoms with Gasteiger partial charge in [0.25, 0.3) is 5.91 Å². The average Bonchev–Trinajstić information content (AvgIpc) is 2.86. The first-order valence-corrected chi connectivity index (χ1v) is 7.46. The van der Waals surface area contributed by atoms with E-state index in [0.717, 1.165) is 19.3 Å². The fourth-order valence-corrected chi connectivity index (χ4v) is 3.97. The molecule has 1 N–H and O–H groups in total. The number of amides is 1. The molecule has 1 aromatic heterocycles. The molecule has 2 saturated carbocycles. The van der Waals surface area contributed by atoms with Crippen molar-refractivity contribution in [2.24, 2.45) is 11.3 Å². The van der Waals surface area contributed by atoms with Crippen LogP contribution in [0.25, 0.3) is 0 Å². The fraction of sp³-hybridized carbons (Fsp3) is 0.571. The fourth-order valence-electron chi connectivity index (χ4n) is 3.34. The molecule has 102 valence electrons. The number of thiophene rings is 1. The van der Waals surface area contributed by atoms with E-state index in [0.29, 0.717) is 4.88 Å². The van der Waals surface area contributed by atoms with Crippen molar-refractivity contribution >= 4 is 23.2 Å². The first kappa shape index (κ1) is 12.7. The standard InChI is InChI=1S/C14H17NO3S/c1-18-13(17)9-8-14(5-3-6-14)11(9)15-12(16)10-4-2-7-19-10/h2,4,7,9,11H,3,5-6,8H2,1H3,(H,15,16). The normalized spacial score (nSPS) is 27.2. The van der Waals surface area contributed by atoms with Gasteiger partial charge in [-0.2, -0.15) is 0 Å². The van der Waals surface area contributed by atoms with Gasteiger partial charge in [0.2, 0.25) is 0 Å². The quantitative estimate of drug-likeness (QED) is 0.863. The first-order chi connectivity index (χ1) is 9.16. The molecule has 2 atom stereocenters. The van der Waals surface area contributed by atoms with E-state index in [9.17, 15) is 9.59 Å². The van der Waals surface area contributed by atoms with E-state index in [2.05, 4.69) is 5.32 Å². The summed E-state index contributed by atoms with van der Waals surface area (Å²) in [5, 5.41) is 4.93. The summed E-state index contributed by atoms with van der Waals surface area (Å²) in [6.45, 7) is 0. The largest absolute Gasteiger partial charge is 0.469 e. The summed E-state index contributed by atoms with van der Waals surface area (Å²) < 4.78 is 4.83. The SMILES string of the molecule is COC(=O)C1CC2(CCC2)C1NC(=O)c1cccs1. The van der Waals surface area contributed by atoms with Crippen LogP contribution < -0.4 is 5.32 Å². The number of carbonyl (C=O) groups is 2. The smallest absolute Gasteiger partial charge is 0.310 e. The molecule has 2 aliphatic rings. The summed E-state index contributed by atoms with van der Waals surface area (Å²) in [7, 11) is 1.41. The lowest BCUT2D eigenvalue weighted by Crippen LogP contribution is -2.66. The molecular weight excluding hydrogens is 262 g/mol. The van der Waals surface area contributed by atoms with E-state index in [4.69, 9.17) is 4.74 Å². The summed E-state index contributed by atoms with van der Waals surface area (Å²) in [5.41, 5.74) is 0.159. The van der Waals surface area contributed by atoms with Crippen molar-refractivity contribution in [2.45, 2.75) is 31.7 Å². The van der Waals surface area contributed by atoms with Gasteiger partial charge in [-0.25, -0.2) is 0 Å². The number of nitrogens with one attached hydrogen (secondary N) is 1. The second-order valence-electron chi connectivity index (χ2n) is 5.48. The Balaban J connectivity index is 1.72. The van der Waals surface area contributed by atoms with Crippen LogP contribution in [0.2, 0.25) is 0 Å². The highest BCUT2D eigenvalue weighted by molar-refractivity contribution is 7.12. The van der Waals surface area contributed by atoms with Crippen molar-refractivity contribution in [1.29, 1.82) is 0 Å². The molecule has 0 aromatic carbocycles. The second kappa shape index (κ2) is 4.63. The molecule has 3 rings (SSSR count). The van der Waals surface area contributed by atoms with Crippen LogP contribution in [0.4, 0.5) is 0 Å². The molecule has 19 heavy (non-hydrogen) atoms. The summed E-state index contributed by atoms with van der Waals surface area (Å²) >= 11 is 1.42. The van der Waals surface area contributed by atoms with Gasteiger partial charge in [0.05, 0.1) is 17.9 Å². The third kappa shape index (κ3) is 1.96. The molecule has 2 unspecified atom stereocenters. The van der Waals surface area contributed by atoms with Crippen LogP contribution in [0.5, 0.6) is 0 Å². The third-order valence-electron chi connectivity index (χ3n) is 4.57. The minimum Gasteiger partial charge on any atom is -0.469 e. The molecular formula is C14H17NO3S. The molecule has 2 aliphatic carbocycles. The van der Waals surface area contributed by atoms with Crippen molar-refractivity contribution in [3.8, 4) is 0 Å². The Kier molecular flexibility index (Phi) is 3.09. The van der Waals surface area contributed by atoms with Crippen LogP contribution in [0, 0.1) is 11.3 Å². The van der Waals surface area contributed by atoms with Crippen LogP contribution in [0.3, 0.4) is 0 Å². The molecule has 1 spiro atoms. The predicted octanol–water partition coefficient (Wildman–Crippen LogP) is 2.21. The van der Waals surface area contributed by atoms with Gasteiger partial charge >= 0.3 is 5.97 Å². The lowest BCUT2D eigenvalue weighted by Gasteiger charge is -2.59. The van der Waals surface area contributed by atoms with Gasteiger partial charge in [-0.1, -0.05) is 12.5 Å². The van der Waals surface area contributed by atoms with Gasteiger partial charge in [-0.3, -0.25) is 9.59 Å². The van der Waals surface area contributed by atoms with Gasteiger partial charge in [-0.15, -0.1) is 11.3 Å². The summed E-state index contributed by atoms with van der Waals surface area (Å²) in [6.07, 6.45) is 4.26. The zero-order valence-corrected chi connectivity index (χ0v) is 11.7. The maximum atomic E-state index is 12.1. The summed E-state index contributed by atoms with van der Waals surface area (Å²) in [6, 6.07) is 3.61. The molecule has 0 aliphatic heterocycles. The van der Waals surface area contributed by atoms with Gasteiger partial charge < -0.3 is 10.1 Å². The van der Waals surface area contributed by atoms with Crippen molar-refractivity contribution in [1.82, 2.24) is 5.32 Å². The maximum Gasteiger partial charge on any atom is 0.310 e. The molecule has 2 fully saturated rings. The Morgan fingerprint density at radius 1 is 1.47 bits per heavy atom. The highest BCUT2D eigenvalue weighted by atomic mass is 32.1. The highest BCUT2D eigenvalue weighted by Crippen LogP contribution is 2.59. The molecule has 0 saturated heterocycles. The number of hydrogen-bond donors (Lipinski definition) is 1. The van der Waals surface area contributed by atoms with Crippen molar-refractivity contribution in [3.63, 3.8) is 0 Å². The topological polar surface area (TPSA) is 55.4 Å². The Bertz CT molecular complexity index is 493.